The van der Waals surface area contributed by atoms with E-state index in [1.54, 1.807) is 0 Å². The number of hydrogen-bond donors (Lipinski definition) is 1. The summed E-state index contributed by atoms with van der Waals surface area (Å²) in [7, 11) is 0. The van der Waals surface area contributed by atoms with Gasteiger partial charge in [-0.05, 0) is 36.1 Å². The monoisotopic (exact) mass is 226 g/mol. The molecular formula is C15H18N2. The van der Waals surface area contributed by atoms with Gasteiger partial charge in [0.25, 0.3) is 0 Å². The summed E-state index contributed by atoms with van der Waals surface area (Å²) < 4.78 is 0. The third-order valence-corrected chi connectivity index (χ3v) is 3.34. The number of H-pyrrole nitrogens is 1. The predicted octanol–water partition coefficient (Wildman–Crippen LogP) is 4.06. The average Bonchev–Trinajstić information content (AvgIpc) is 2.63. The van der Waals surface area contributed by atoms with Crippen LogP contribution < -0.4 is 0 Å². The zero-order valence-corrected chi connectivity index (χ0v) is 10.7. The number of aromatic amines is 1. The molecule has 17 heavy (non-hydrogen) atoms. The average molecular weight is 226 g/mol. The second-order valence-corrected chi connectivity index (χ2v) is 4.85. The molecule has 0 atom stereocenters. The molecular weight excluding hydrogens is 208 g/mol. The highest BCUT2D eigenvalue weighted by Gasteiger charge is 2.09. The van der Waals surface area contributed by atoms with E-state index in [0.717, 1.165) is 6.42 Å². The van der Waals surface area contributed by atoms with Crippen LogP contribution >= 0.6 is 0 Å². The molecule has 1 heterocycles. The van der Waals surface area contributed by atoms with E-state index in [-0.39, 0.29) is 0 Å². The Balaban J connectivity index is 2.48. The minimum atomic E-state index is 0.552. The summed E-state index contributed by atoms with van der Waals surface area (Å²) >= 11 is 0. The lowest BCUT2D eigenvalue weighted by Gasteiger charge is -2.04. The van der Waals surface area contributed by atoms with E-state index in [1.807, 2.05) is 0 Å². The van der Waals surface area contributed by atoms with Crippen molar-refractivity contribution < 1.29 is 0 Å². The Morgan fingerprint density at radius 2 is 2.12 bits per heavy atom. The van der Waals surface area contributed by atoms with E-state index in [4.69, 9.17) is 5.26 Å². The highest BCUT2D eigenvalue weighted by molar-refractivity contribution is 5.85. The molecule has 0 radical (unpaired) electrons. The summed E-state index contributed by atoms with van der Waals surface area (Å²) in [5, 5.41) is 9.94. The molecule has 0 aliphatic carbocycles. The highest BCUT2D eigenvalue weighted by Crippen LogP contribution is 2.26. The Bertz CT molecular complexity index is 570. The fraction of sp³-hybridized carbons (Fsp3) is 0.400. The maximum Gasteiger partial charge on any atom is 0.0625 e. The van der Waals surface area contributed by atoms with Gasteiger partial charge in [0.05, 0.1) is 6.07 Å². The van der Waals surface area contributed by atoms with Crippen molar-refractivity contribution in [3.05, 3.63) is 35.0 Å². The quantitative estimate of drug-likeness (QED) is 0.842. The van der Waals surface area contributed by atoms with Crippen molar-refractivity contribution in [3.63, 3.8) is 0 Å². The molecule has 1 aromatic heterocycles. The van der Waals surface area contributed by atoms with E-state index in [0.29, 0.717) is 12.3 Å². The van der Waals surface area contributed by atoms with Crippen LogP contribution in [0.4, 0.5) is 0 Å². The summed E-state index contributed by atoms with van der Waals surface area (Å²) in [6.07, 6.45) is 1.39. The summed E-state index contributed by atoms with van der Waals surface area (Å²) in [5.41, 5.74) is 5.03. The molecule has 1 aromatic carbocycles. The van der Waals surface area contributed by atoms with Crippen molar-refractivity contribution in [2.24, 2.45) is 0 Å². The first kappa shape index (κ1) is 11.7. The van der Waals surface area contributed by atoms with E-state index < -0.39 is 0 Å². The van der Waals surface area contributed by atoms with Crippen LogP contribution in [-0.4, -0.2) is 4.98 Å². The molecule has 0 amide bonds. The molecule has 2 nitrogen and oxygen atoms in total. The molecule has 0 aliphatic rings. The first-order valence-corrected chi connectivity index (χ1v) is 6.11. The minimum Gasteiger partial charge on any atom is -0.358 e. The van der Waals surface area contributed by atoms with Gasteiger partial charge in [0.15, 0.2) is 0 Å². The third-order valence-electron chi connectivity index (χ3n) is 3.34. The van der Waals surface area contributed by atoms with Crippen LogP contribution in [0.25, 0.3) is 10.9 Å². The lowest BCUT2D eigenvalue weighted by Crippen LogP contribution is -1.86. The Morgan fingerprint density at radius 3 is 2.76 bits per heavy atom. The Morgan fingerprint density at radius 1 is 1.35 bits per heavy atom. The van der Waals surface area contributed by atoms with Crippen molar-refractivity contribution in [1.82, 2.24) is 4.98 Å². The van der Waals surface area contributed by atoms with Crippen molar-refractivity contribution in [2.75, 3.05) is 0 Å². The molecule has 0 spiro atoms. The molecule has 2 heteroatoms. The van der Waals surface area contributed by atoms with Crippen molar-refractivity contribution in [2.45, 2.75) is 39.5 Å². The van der Waals surface area contributed by atoms with E-state index in [2.05, 4.69) is 50.0 Å². The first-order valence-electron chi connectivity index (χ1n) is 6.11. The van der Waals surface area contributed by atoms with Gasteiger partial charge in [0.1, 0.15) is 0 Å². The van der Waals surface area contributed by atoms with Gasteiger partial charge in [-0.25, -0.2) is 0 Å². The Kier molecular flexibility index (Phi) is 3.19. The second-order valence-electron chi connectivity index (χ2n) is 4.85. The van der Waals surface area contributed by atoms with Gasteiger partial charge in [-0.15, -0.1) is 0 Å². The smallest absolute Gasteiger partial charge is 0.0625 e. The zero-order chi connectivity index (χ0) is 12.4. The van der Waals surface area contributed by atoms with Gasteiger partial charge in [-0.1, -0.05) is 19.9 Å². The summed E-state index contributed by atoms with van der Waals surface area (Å²) in [4.78, 5) is 3.41. The van der Waals surface area contributed by atoms with Crippen LogP contribution in [-0.2, 0) is 6.42 Å². The van der Waals surface area contributed by atoms with E-state index >= 15 is 0 Å². The SMILES string of the molecule is Cc1c(CCC#N)[nH]c2ccc(C(C)C)cc12. The van der Waals surface area contributed by atoms with Crippen molar-refractivity contribution >= 4 is 10.9 Å². The van der Waals surface area contributed by atoms with Crippen molar-refractivity contribution in [3.8, 4) is 6.07 Å². The molecule has 0 saturated heterocycles. The number of nitrogens with zero attached hydrogens (tertiary/aromatic N) is 1. The summed E-state index contributed by atoms with van der Waals surface area (Å²) in [5.74, 6) is 0.552. The van der Waals surface area contributed by atoms with Crippen LogP contribution in [0.15, 0.2) is 18.2 Å². The summed E-state index contributed by atoms with van der Waals surface area (Å²) in [6, 6.07) is 8.79. The Labute approximate surface area is 102 Å². The number of rotatable bonds is 3. The zero-order valence-electron chi connectivity index (χ0n) is 10.7. The molecule has 2 rings (SSSR count). The molecule has 0 aliphatic heterocycles. The van der Waals surface area contributed by atoms with Gasteiger partial charge in [0.2, 0.25) is 0 Å². The molecule has 0 bridgehead atoms. The second kappa shape index (κ2) is 4.63. The maximum atomic E-state index is 8.65. The molecule has 1 N–H and O–H groups in total. The van der Waals surface area contributed by atoms with Gasteiger partial charge < -0.3 is 4.98 Å². The van der Waals surface area contributed by atoms with E-state index in [9.17, 15) is 0 Å². The first-order chi connectivity index (χ1) is 8.13. The van der Waals surface area contributed by atoms with E-state index in [1.165, 1.54) is 27.7 Å². The lowest BCUT2D eigenvalue weighted by molar-refractivity contribution is 0.868. The molecule has 0 unspecified atom stereocenters. The highest BCUT2D eigenvalue weighted by atomic mass is 14.7. The topological polar surface area (TPSA) is 39.6 Å². The number of benzene rings is 1. The minimum absolute atomic E-state index is 0.552. The van der Waals surface area contributed by atoms with Gasteiger partial charge in [0, 0.05) is 29.4 Å². The van der Waals surface area contributed by atoms with Gasteiger partial charge >= 0.3 is 0 Å². The number of aryl methyl sites for hydroxylation is 2. The molecule has 88 valence electrons. The predicted molar refractivity (Wildman–Crippen MR) is 71.1 cm³/mol. The lowest BCUT2D eigenvalue weighted by atomic mass is 10.00. The van der Waals surface area contributed by atoms with Gasteiger partial charge in [-0.3, -0.25) is 0 Å². The number of nitriles is 1. The Hall–Kier alpha value is -1.75. The number of fused-ring (bicyclic) bond motifs is 1. The molecule has 0 fully saturated rings. The number of nitrogens with one attached hydrogen (secondary N) is 1. The van der Waals surface area contributed by atoms with Crippen LogP contribution in [0.2, 0.25) is 0 Å². The standard InChI is InChI=1S/C15H18N2/c1-10(2)12-6-7-15-13(9-12)11(3)14(17-15)5-4-8-16/h6-7,9-10,17H,4-5H2,1-3H3. The normalized spacial score (nSPS) is 11.0. The number of hydrogen-bond acceptors (Lipinski definition) is 1. The van der Waals surface area contributed by atoms with Crippen LogP contribution in [0.3, 0.4) is 0 Å². The van der Waals surface area contributed by atoms with Crippen LogP contribution in [0, 0.1) is 18.3 Å². The summed E-state index contributed by atoms with van der Waals surface area (Å²) in [6.45, 7) is 6.55. The number of aromatic nitrogens is 1. The van der Waals surface area contributed by atoms with Crippen LogP contribution in [0.1, 0.15) is 43.0 Å². The maximum absolute atomic E-state index is 8.65. The van der Waals surface area contributed by atoms with Gasteiger partial charge in [-0.2, -0.15) is 5.26 Å². The largest absolute Gasteiger partial charge is 0.358 e. The van der Waals surface area contributed by atoms with Crippen molar-refractivity contribution in [1.29, 1.82) is 5.26 Å². The van der Waals surface area contributed by atoms with Crippen LogP contribution in [0.5, 0.6) is 0 Å². The molecule has 2 aromatic rings. The fourth-order valence-corrected chi connectivity index (χ4v) is 2.19. The molecule has 0 saturated carbocycles. The fourth-order valence-electron chi connectivity index (χ4n) is 2.19. The third kappa shape index (κ3) is 2.19.